The predicted molar refractivity (Wildman–Crippen MR) is 66.0 cm³/mol. The summed E-state index contributed by atoms with van der Waals surface area (Å²) >= 11 is 3.08. The quantitative estimate of drug-likeness (QED) is 0.493. The monoisotopic (exact) mass is 235 g/mol. The number of thioether (sulfide) groups is 1. The number of anilines is 1. The van der Waals surface area contributed by atoms with Gasteiger partial charge in [-0.3, -0.25) is 0 Å². The molecule has 3 nitrogen and oxygen atoms in total. The molecule has 0 fully saturated rings. The lowest BCUT2D eigenvalue weighted by molar-refractivity contribution is 1.02. The van der Waals surface area contributed by atoms with Crippen LogP contribution in [0.4, 0.5) is 5.82 Å². The Morgan fingerprint density at radius 3 is 3.20 bits per heavy atom. The lowest BCUT2D eigenvalue weighted by Gasteiger charge is -1.99. The number of rotatable bonds is 2. The van der Waals surface area contributed by atoms with E-state index >= 15 is 0 Å². The smallest absolute Gasteiger partial charge is 0.191 e. The highest BCUT2D eigenvalue weighted by atomic mass is 32.2. The molecular weight excluding hydrogens is 226 g/mol. The Bertz CT molecular complexity index is 536. The molecule has 2 heterocycles. The zero-order valence-electron chi connectivity index (χ0n) is 8.15. The molecule has 2 rings (SSSR count). The van der Waals surface area contributed by atoms with Crippen molar-refractivity contribution >= 4 is 39.1 Å². The summed E-state index contributed by atoms with van der Waals surface area (Å²) in [7, 11) is 0. The van der Waals surface area contributed by atoms with Crippen LogP contribution in [0, 0.1) is 11.8 Å². The van der Waals surface area contributed by atoms with E-state index in [2.05, 4.69) is 21.8 Å². The van der Waals surface area contributed by atoms with Gasteiger partial charge in [-0.1, -0.05) is 17.7 Å². The molecule has 0 aliphatic carbocycles. The second kappa shape index (κ2) is 4.51. The highest BCUT2D eigenvalue weighted by molar-refractivity contribution is 7.99. The van der Waals surface area contributed by atoms with Gasteiger partial charge in [0.15, 0.2) is 5.16 Å². The topological polar surface area (TPSA) is 51.8 Å². The number of thiophene rings is 1. The first-order valence-corrected chi connectivity index (χ1v) is 6.21. The molecule has 5 heteroatoms. The maximum atomic E-state index is 5.81. The first-order valence-electron chi connectivity index (χ1n) is 4.34. The summed E-state index contributed by atoms with van der Waals surface area (Å²) in [6.45, 7) is 1.82. The summed E-state index contributed by atoms with van der Waals surface area (Å²) in [6.07, 6.45) is 0. The summed E-state index contributed by atoms with van der Waals surface area (Å²) in [5.74, 6) is 7.03. The molecule has 2 aromatic heterocycles. The number of nitrogen functional groups attached to an aromatic ring is 1. The fraction of sp³-hybridized carbons (Fsp3) is 0.200. The van der Waals surface area contributed by atoms with Crippen molar-refractivity contribution in [3.05, 3.63) is 11.4 Å². The van der Waals surface area contributed by atoms with Gasteiger partial charge in [0.25, 0.3) is 0 Å². The number of hydrogen-bond acceptors (Lipinski definition) is 5. The molecule has 0 unspecified atom stereocenters. The largest absolute Gasteiger partial charge is 0.383 e. The molecule has 0 atom stereocenters. The van der Waals surface area contributed by atoms with E-state index in [-0.39, 0.29) is 0 Å². The SMILES string of the molecule is CC#CCSc1nc(N)c2ccsc2n1. The van der Waals surface area contributed by atoms with Gasteiger partial charge in [-0.25, -0.2) is 9.97 Å². The first-order chi connectivity index (χ1) is 7.31. The molecule has 0 aliphatic rings. The minimum Gasteiger partial charge on any atom is -0.383 e. The van der Waals surface area contributed by atoms with E-state index in [1.807, 2.05) is 18.4 Å². The van der Waals surface area contributed by atoms with Crippen LogP contribution in [0.2, 0.25) is 0 Å². The lowest BCUT2D eigenvalue weighted by atomic mass is 10.4. The van der Waals surface area contributed by atoms with Crippen molar-refractivity contribution in [2.24, 2.45) is 0 Å². The molecule has 0 bridgehead atoms. The van der Waals surface area contributed by atoms with Crippen molar-refractivity contribution in [1.29, 1.82) is 0 Å². The summed E-state index contributed by atoms with van der Waals surface area (Å²) in [4.78, 5) is 9.54. The second-order valence-corrected chi connectivity index (χ2v) is 4.58. The van der Waals surface area contributed by atoms with Crippen LogP contribution in [0.1, 0.15) is 6.92 Å². The summed E-state index contributed by atoms with van der Waals surface area (Å²) in [5.41, 5.74) is 5.81. The third-order valence-corrected chi connectivity index (χ3v) is 3.32. The van der Waals surface area contributed by atoms with E-state index in [9.17, 15) is 0 Å². The fourth-order valence-electron chi connectivity index (χ4n) is 1.10. The van der Waals surface area contributed by atoms with Crippen LogP contribution in [-0.4, -0.2) is 15.7 Å². The zero-order chi connectivity index (χ0) is 10.7. The van der Waals surface area contributed by atoms with Crippen LogP contribution in [0.3, 0.4) is 0 Å². The Balaban J connectivity index is 2.31. The van der Waals surface area contributed by atoms with Gasteiger partial charge in [0.05, 0.1) is 11.1 Å². The zero-order valence-corrected chi connectivity index (χ0v) is 9.78. The molecule has 15 heavy (non-hydrogen) atoms. The van der Waals surface area contributed by atoms with E-state index in [1.54, 1.807) is 11.3 Å². The molecule has 0 spiro atoms. The molecule has 76 valence electrons. The molecule has 0 amide bonds. The van der Waals surface area contributed by atoms with Gasteiger partial charge in [0.2, 0.25) is 0 Å². The Kier molecular flexibility index (Phi) is 3.09. The van der Waals surface area contributed by atoms with Crippen molar-refractivity contribution in [1.82, 2.24) is 9.97 Å². The third kappa shape index (κ3) is 2.22. The summed E-state index contributed by atoms with van der Waals surface area (Å²) in [6, 6.07) is 1.94. The highest BCUT2D eigenvalue weighted by Gasteiger charge is 2.05. The second-order valence-electron chi connectivity index (χ2n) is 2.75. The predicted octanol–water partition coefficient (Wildman–Crippen LogP) is 2.39. The van der Waals surface area contributed by atoms with Crippen LogP contribution < -0.4 is 5.73 Å². The van der Waals surface area contributed by atoms with Gasteiger partial charge >= 0.3 is 0 Å². The maximum Gasteiger partial charge on any atom is 0.191 e. The van der Waals surface area contributed by atoms with Crippen LogP contribution in [0.5, 0.6) is 0 Å². The molecule has 2 aromatic rings. The fourth-order valence-corrected chi connectivity index (χ4v) is 2.59. The molecule has 0 saturated heterocycles. The lowest BCUT2D eigenvalue weighted by Crippen LogP contribution is -1.95. The van der Waals surface area contributed by atoms with Gasteiger partial charge in [-0.15, -0.1) is 17.3 Å². The van der Waals surface area contributed by atoms with Crippen molar-refractivity contribution in [2.45, 2.75) is 12.1 Å². The van der Waals surface area contributed by atoms with Crippen LogP contribution in [-0.2, 0) is 0 Å². The molecule has 2 N–H and O–H groups in total. The highest BCUT2D eigenvalue weighted by Crippen LogP contribution is 2.25. The van der Waals surface area contributed by atoms with E-state index in [0.717, 1.165) is 10.2 Å². The number of nitrogens with zero attached hydrogens (tertiary/aromatic N) is 2. The van der Waals surface area contributed by atoms with Crippen LogP contribution in [0.15, 0.2) is 16.6 Å². The van der Waals surface area contributed by atoms with Crippen LogP contribution >= 0.6 is 23.1 Å². The van der Waals surface area contributed by atoms with Gasteiger partial charge in [0.1, 0.15) is 10.6 Å². The average molecular weight is 235 g/mol. The van der Waals surface area contributed by atoms with E-state index in [0.29, 0.717) is 16.7 Å². The molecule has 0 aliphatic heterocycles. The molecular formula is C10H9N3S2. The van der Waals surface area contributed by atoms with Crippen LogP contribution in [0.25, 0.3) is 10.2 Å². The van der Waals surface area contributed by atoms with Crippen molar-refractivity contribution in [3.8, 4) is 11.8 Å². The molecule has 0 radical (unpaired) electrons. The van der Waals surface area contributed by atoms with E-state index in [1.165, 1.54) is 11.8 Å². The number of fused-ring (bicyclic) bond motifs is 1. The number of hydrogen-bond donors (Lipinski definition) is 1. The average Bonchev–Trinajstić information content (AvgIpc) is 2.66. The summed E-state index contributed by atoms with van der Waals surface area (Å²) < 4.78 is 0. The van der Waals surface area contributed by atoms with Crippen molar-refractivity contribution in [2.75, 3.05) is 11.5 Å². The minimum absolute atomic E-state index is 0.549. The normalized spacial score (nSPS) is 9.93. The van der Waals surface area contributed by atoms with E-state index < -0.39 is 0 Å². The minimum atomic E-state index is 0.549. The third-order valence-electron chi connectivity index (χ3n) is 1.78. The Hall–Kier alpha value is -1.25. The Morgan fingerprint density at radius 2 is 2.40 bits per heavy atom. The Labute approximate surface area is 96.1 Å². The van der Waals surface area contributed by atoms with Gasteiger partial charge < -0.3 is 5.73 Å². The van der Waals surface area contributed by atoms with Gasteiger partial charge in [-0.05, 0) is 18.4 Å². The maximum absolute atomic E-state index is 5.81. The Morgan fingerprint density at radius 1 is 1.53 bits per heavy atom. The van der Waals surface area contributed by atoms with E-state index in [4.69, 9.17) is 5.73 Å². The van der Waals surface area contributed by atoms with Crippen molar-refractivity contribution in [3.63, 3.8) is 0 Å². The standard InChI is InChI=1S/C10H9N3S2/c1-2-3-5-15-10-12-8(11)7-4-6-14-9(7)13-10/h4,6H,5H2,1H3,(H2,11,12,13). The van der Waals surface area contributed by atoms with Gasteiger partial charge in [0, 0.05) is 0 Å². The molecule has 0 aromatic carbocycles. The summed E-state index contributed by atoms with van der Waals surface area (Å²) in [5, 5.41) is 3.60. The first kappa shape index (κ1) is 10.3. The number of aromatic nitrogens is 2. The molecule has 0 saturated carbocycles. The van der Waals surface area contributed by atoms with Gasteiger partial charge in [-0.2, -0.15) is 0 Å². The van der Waals surface area contributed by atoms with Crippen molar-refractivity contribution < 1.29 is 0 Å². The number of nitrogens with two attached hydrogens (primary N) is 1.